The van der Waals surface area contributed by atoms with Crippen molar-refractivity contribution in [3.8, 4) is 0 Å². The van der Waals surface area contributed by atoms with Crippen molar-refractivity contribution in [3.63, 3.8) is 0 Å². The van der Waals surface area contributed by atoms with E-state index in [1.807, 2.05) is 20.2 Å². The number of nitrogens with zero attached hydrogens (tertiary/aromatic N) is 3. The van der Waals surface area contributed by atoms with Gasteiger partial charge in [-0.15, -0.1) is 0 Å². The first-order valence-corrected chi connectivity index (χ1v) is 7.24. The predicted octanol–water partition coefficient (Wildman–Crippen LogP) is 2.87. The average Bonchev–Trinajstić information content (AvgIpc) is 2.77. The first-order chi connectivity index (χ1) is 9.13. The van der Waals surface area contributed by atoms with Gasteiger partial charge in [-0.2, -0.15) is 5.10 Å². The monoisotopic (exact) mass is 322 g/mol. The Morgan fingerprint density at radius 3 is 2.79 bits per heavy atom. The second-order valence-electron chi connectivity index (χ2n) is 4.58. The van der Waals surface area contributed by atoms with Gasteiger partial charge in [0.1, 0.15) is 0 Å². The lowest BCUT2D eigenvalue weighted by Crippen LogP contribution is -2.22. The van der Waals surface area contributed by atoms with E-state index in [0.29, 0.717) is 0 Å². The maximum absolute atomic E-state index is 4.51. The van der Waals surface area contributed by atoms with Gasteiger partial charge >= 0.3 is 0 Å². The summed E-state index contributed by atoms with van der Waals surface area (Å²) in [6, 6.07) is 4.50. The molecule has 0 saturated carbocycles. The highest BCUT2D eigenvalue weighted by molar-refractivity contribution is 9.10. The summed E-state index contributed by atoms with van der Waals surface area (Å²) in [7, 11) is 1.98. The van der Waals surface area contributed by atoms with Crippen LogP contribution in [-0.2, 0) is 13.0 Å². The predicted molar refractivity (Wildman–Crippen MR) is 80.1 cm³/mol. The largest absolute Gasteiger partial charge is 0.311 e. The molecule has 1 atom stereocenters. The molecule has 0 aromatic carbocycles. The SMILES string of the molecule is CCn1nc(C)cc1C(Cc1cncc(Br)c1)NC. The Morgan fingerprint density at radius 1 is 1.37 bits per heavy atom. The van der Waals surface area contributed by atoms with E-state index in [9.17, 15) is 0 Å². The van der Waals surface area contributed by atoms with Gasteiger partial charge in [0.05, 0.1) is 17.4 Å². The van der Waals surface area contributed by atoms with Crippen LogP contribution >= 0.6 is 15.9 Å². The fraction of sp³-hybridized carbons (Fsp3) is 0.429. The van der Waals surface area contributed by atoms with Gasteiger partial charge in [-0.05, 0) is 60.9 Å². The third-order valence-corrected chi connectivity index (χ3v) is 3.57. The number of hydrogen-bond acceptors (Lipinski definition) is 3. The molecule has 0 bridgehead atoms. The molecule has 1 N–H and O–H groups in total. The van der Waals surface area contributed by atoms with Crippen LogP contribution in [0.15, 0.2) is 29.0 Å². The van der Waals surface area contributed by atoms with Crippen LogP contribution in [0.5, 0.6) is 0 Å². The molecule has 0 fully saturated rings. The molecular formula is C14H19BrN4. The molecule has 5 heteroatoms. The smallest absolute Gasteiger partial charge is 0.0597 e. The zero-order valence-electron chi connectivity index (χ0n) is 11.5. The summed E-state index contributed by atoms with van der Waals surface area (Å²) in [5, 5.41) is 7.88. The van der Waals surface area contributed by atoms with Gasteiger partial charge in [0.25, 0.3) is 0 Å². The molecule has 0 amide bonds. The average molecular weight is 323 g/mol. The maximum atomic E-state index is 4.51. The van der Waals surface area contributed by atoms with Crippen LogP contribution < -0.4 is 5.32 Å². The van der Waals surface area contributed by atoms with E-state index >= 15 is 0 Å². The van der Waals surface area contributed by atoms with Crippen LogP contribution in [0.4, 0.5) is 0 Å². The van der Waals surface area contributed by atoms with E-state index < -0.39 is 0 Å². The van der Waals surface area contributed by atoms with Crippen LogP contribution in [0.1, 0.15) is 29.9 Å². The Kier molecular flexibility index (Phi) is 4.71. The molecule has 0 aliphatic heterocycles. The minimum absolute atomic E-state index is 0.247. The molecule has 2 aromatic rings. The number of rotatable bonds is 5. The molecule has 19 heavy (non-hydrogen) atoms. The Hall–Kier alpha value is -1.20. The van der Waals surface area contributed by atoms with E-state index in [4.69, 9.17) is 0 Å². The van der Waals surface area contributed by atoms with Gasteiger partial charge in [-0.25, -0.2) is 0 Å². The highest BCUT2D eigenvalue weighted by Gasteiger charge is 2.16. The lowest BCUT2D eigenvalue weighted by molar-refractivity contribution is 0.512. The molecule has 0 radical (unpaired) electrons. The van der Waals surface area contributed by atoms with Gasteiger partial charge in [0.15, 0.2) is 0 Å². The Labute approximate surface area is 122 Å². The van der Waals surface area contributed by atoms with Crippen molar-refractivity contribution in [1.82, 2.24) is 20.1 Å². The van der Waals surface area contributed by atoms with Crippen molar-refractivity contribution >= 4 is 15.9 Å². The normalized spacial score (nSPS) is 12.6. The fourth-order valence-corrected chi connectivity index (χ4v) is 2.67. The van der Waals surface area contributed by atoms with Crippen molar-refractivity contribution in [2.75, 3.05) is 7.05 Å². The molecular weight excluding hydrogens is 304 g/mol. The standard InChI is InChI=1S/C14H19BrN4/c1-4-19-14(5-10(2)18-19)13(16-3)7-11-6-12(15)9-17-8-11/h5-6,8-9,13,16H,4,7H2,1-3H3. The first kappa shape index (κ1) is 14.2. The van der Waals surface area contributed by atoms with Crippen molar-refractivity contribution in [1.29, 1.82) is 0 Å². The lowest BCUT2D eigenvalue weighted by Gasteiger charge is -2.17. The number of nitrogens with one attached hydrogen (secondary N) is 1. The maximum Gasteiger partial charge on any atom is 0.0597 e. The second-order valence-corrected chi connectivity index (χ2v) is 5.50. The molecule has 102 valence electrons. The number of likely N-dealkylation sites (N-methyl/N-ethyl adjacent to an activating group) is 1. The third kappa shape index (κ3) is 3.42. The summed E-state index contributed by atoms with van der Waals surface area (Å²) in [5.41, 5.74) is 3.49. The quantitative estimate of drug-likeness (QED) is 0.920. The molecule has 0 spiro atoms. The molecule has 0 saturated heterocycles. The highest BCUT2D eigenvalue weighted by Crippen LogP contribution is 2.20. The van der Waals surface area contributed by atoms with Crippen molar-refractivity contribution in [2.24, 2.45) is 0 Å². The number of pyridine rings is 1. The molecule has 2 heterocycles. The van der Waals surface area contributed by atoms with Crippen LogP contribution in [0, 0.1) is 6.92 Å². The van der Waals surface area contributed by atoms with Gasteiger partial charge in [0.2, 0.25) is 0 Å². The minimum Gasteiger partial charge on any atom is -0.311 e. The molecule has 2 rings (SSSR count). The van der Waals surface area contributed by atoms with Gasteiger partial charge in [-0.1, -0.05) is 0 Å². The minimum atomic E-state index is 0.247. The van der Waals surface area contributed by atoms with Gasteiger partial charge in [0, 0.05) is 23.4 Å². The lowest BCUT2D eigenvalue weighted by atomic mass is 10.0. The Morgan fingerprint density at radius 2 is 2.16 bits per heavy atom. The number of aromatic nitrogens is 3. The first-order valence-electron chi connectivity index (χ1n) is 6.45. The number of aryl methyl sites for hydroxylation is 2. The summed E-state index contributed by atoms with van der Waals surface area (Å²) in [4.78, 5) is 4.22. The van der Waals surface area contributed by atoms with E-state index in [-0.39, 0.29) is 6.04 Å². The third-order valence-electron chi connectivity index (χ3n) is 3.14. The van der Waals surface area contributed by atoms with Crippen LogP contribution in [0.2, 0.25) is 0 Å². The van der Waals surface area contributed by atoms with E-state index in [2.05, 4.69) is 55.1 Å². The molecule has 4 nitrogen and oxygen atoms in total. The van der Waals surface area contributed by atoms with Gasteiger partial charge < -0.3 is 5.32 Å². The second kappa shape index (κ2) is 6.30. The Balaban J connectivity index is 2.24. The number of halogens is 1. The van der Waals surface area contributed by atoms with Crippen LogP contribution in [0.3, 0.4) is 0 Å². The highest BCUT2D eigenvalue weighted by atomic mass is 79.9. The van der Waals surface area contributed by atoms with E-state index in [0.717, 1.165) is 23.1 Å². The summed E-state index contributed by atoms with van der Waals surface area (Å²) < 4.78 is 3.07. The fourth-order valence-electron chi connectivity index (χ4n) is 2.26. The van der Waals surface area contributed by atoms with Crippen molar-refractivity contribution in [2.45, 2.75) is 32.9 Å². The zero-order chi connectivity index (χ0) is 13.8. The summed E-state index contributed by atoms with van der Waals surface area (Å²) >= 11 is 3.46. The number of hydrogen-bond donors (Lipinski definition) is 1. The topological polar surface area (TPSA) is 42.7 Å². The summed E-state index contributed by atoms with van der Waals surface area (Å²) in [5.74, 6) is 0. The summed E-state index contributed by atoms with van der Waals surface area (Å²) in [6.45, 7) is 5.03. The van der Waals surface area contributed by atoms with Gasteiger partial charge in [-0.3, -0.25) is 9.67 Å². The summed E-state index contributed by atoms with van der Waals surface area (Å²) in [6.07, 6.45) is 4.61. The van der Waals surface area contributed by atoms with Crippen molar-refractivity contribution in [3.05, 3.63) is 46.0 Å². The molecule has 2 aromatic heterocycles. The Bertz CT molecular complexity index is 550. The van der Waals surface area contributed by atoms with E-state index in [1.54, 1.807) is 6.20 Å². The molecule has 1 unspecified atom stereocenters. The molecule has 0 aliphatic carbocycles. The van der Waals surface area contributed by atoms with Crippen molar-refractivity contribution < 1.29 is 0 Å². The van der Waals surface area contributed by atoms with E-state index in [1.165, 1.54) is 11.3 Å². The van der Waals surface area contributed by atoms with Crippen LogP contribution in [0.25, 0.3) is 0 Å². The van der Waals surface area contributed by atoms with Crippen LogP contribution in [-0.4, -0.2) is 21.8 Å². The molecule has 0 aliphatic rings. The zero-order valence-corrected chi connectivity index (χ0v) is 13.1.